The van der Waals surface area contributed by atoms with Crippen LogP contribution in [0.4, 0.5) is 5.69 Å². The fraction of sp³-hybridized carbons (Fsp3) is 0.263. The maximum absolute atomic E-state index is 12.7. The number of hydrogen-bond acceptors (Lipinski definition) is 3. The quantitative estimate of drug-likeness (QED) is 0.732. The number of halogens is 2. The second kappa shape index (κ2) is 8.10. The van der Waals surface area contributed by atoms with E-state index in [1.165, 1.54) is 0 Å². The van der Waals surface area contributed by atoms with Crippen molar-refractivity contribution in [2.24, 2.45) is 0 Å². The minimum atomic E-state index is -0.538. The van der Waals surface area contributed by atoms with E-state index in [0.717, 1.165) is 10.2 Å². The molecule has 1 aliphatic heterocycles. The van der Waals surface area contributed by atoms with Gasteiger partial charge >= 0.3 is 0 Å². The van der Waals surface area contributed by atoms with Crippen molar-refractivity contribution < 1.29 is 14.3 Å². The number of ether oxygens (including phenoxy) is 1. The predicted octanol–water partition coefficient (Wildman–Crippen LogP) is 3.75. The minimum absolute atomic E-state index is 0.103. The van der Waals surface area contributed by atoms with E-state index in [-0.39, 0.29) is 18.4 Å². The van der Waals surface area contributed by atoms with Gasteiger partial charge in [0, 0.05) is 28.3 Å². The number of anilines is 1. The summed E-state index contributed by atoms with van der Waals surface area (Å²) in [5.74, 6) is 0.249. The highest BCUT2D eigenvalue weighted by Gasteiger charge is 2.35. The summed E-state index contributed by atoms with van der Waals surface area (Å²) in [5.41, 5.74) is 0.820. The van der Waals surface area contributed by atoms with Gasteiger partial charge in [0.05, 0.1) is 0 Å². The van der Waals surface area contributed by atoms with Crippen LogP contribution < -0.4 is 9.64 Å². The standard InChI is InChI=1S/C19H18BrClN2O3/c1-13-19(25)23(16-4-2-3-14(20)11-16)10-9-22(13)18(24)12-26-17-7-5-15(21)6-8-17/h2-8,11,13H,9-10,12H2,1H3/t13-/m1/s1. The van der Waals surface area contributed by atoms with E-state index < -0.39 is 6.04 Å². The van der Waals surface area contributed by atoms with Crippen LogP contribution in [-0.2, 0) is 9.59 Å². The molecular formula is C19H18BrClN2O3. The van der Waals surface area contributed by atoms with E-state index in [9.17, 15) is 9.59 Å². The molecule has 0 aromatic heterocycles. The summed E-state index contributed by atoms with van der Waals surface area (Å²) in [6.07, 6.45) is 0. The third-order valence-corrected chi connectivity index (χ3v) is 5.02. The summed E-state index contributed by atoms with van der Waals surface area (Å²) in [4.78, 5) is 28.5. The van der Waals surface area contributed by atoms with Crippen LogP contribution in [0.25, 0.3) is 0 Å². The minimum Gasteiger partial charge on any atom is -0.484 e. The zero-order valence-corrected chi connectivity index (χ0v) is 16.5. The molecule has 136 valence electrons. The van der Waals surface area contributed by atoms with Crippen molar-refractivity contribution in [3.05, 3.63) is 58.0 Å². The normalized spacial score (nSPS) is 17.3. The Morgan fingerprint density at radius 1 is 1.23 bits per heavy atom. The zero-order chi connectivity index (χ0) is 18.7. The molecule has 3 rings (SSSR count). The highest BCUT2D eigenvalue weighted by atomic mass is 79.9. The van der Waals surface area contributed by atoms with E-state index in [4.69, 9.17) is 16.3 Å². The number of benzene rings is 2. The molecule has 0 spiro atoms. The lowest BCUT2D eigenvalue weighted by Crippen LogP contribution is -2.58. The van der Waals surface area contributed by atoms with Crippen molar-refractivity contribution >= 4 is 45.0 Å². The average Bonchev–Trinajstić information content (AvgIpc) is 2.63. The van der Waals surface area contributed by atoms with Crippen LogP contribution in [-0.4, -0.2) is 42.5 Å². The van der Waals surface area contributed by atoms with Gasteiger partial charge in [0.2, 0.25) is 5.91 Å². The molecule has 7 heteroatoms. The molecular weight excluding hydrogens is 420 g/mol. The molecule has 0 aliphatic carbocycles. The van der Waals surface area contributed by atoms with E-state index >= 15 is 0 Å². The van der Waals surface area contributed by atoms with E-state index in [1.807, 2.05) is 24.3 Å². The maximum Gasteiger partial charge on any atom is 0.261 e. The monoisotopic (exact) mass is 436 g/mol. The Bertz CT molecular complexity index is 813. The summed E-state index contributed by atoms with van der Waals surface area (Å²) < 4.78 is 6.41. The molecule has 0 radical (unpaired) electrons. The molecule has 0 N–H and O–H groups in total. The van der Waals surface area contributed by atoms with Crippen molar-refractivity contribution in [3.63, 3.8) is 0 Å². The molecule has 2 amide bonds. The number of amides is 2. The first-order valence-electron chi connectivity index (χ1n) is 8.20. The lowest BCUT2D eigenvalue weighted by atomic mass is 10.1. The number of carbonyl (C=O) groups is 2. The molecule has 5 nitrogen and oxygen atoms in total. The molecule has 0 bridgehead atoms. The van der Waals surface area contributed by atoms with Gasteiger partial charge in [-0.15, -0.1) is 0 Å². The Morgan fingerprint density at radius 2 is 1.96 bits per heavy atom. The summed E-state index contributed by atoms with van der Waals surface area (Å²) in [7, 11) is 0. The summed E-state index contributed by atoms with van der Waals surface area (Å²) in [6.45, 7) is 2.54. The van der Waals surface area contributed by atoms with E-state index in [1.54, 1.807) is 41.0 Å². The van der Waals surface area contributed by atoms with E-state index in [2.05, 4.69) is 15.9 Å². The van der Waals surface area contributed by atoms with Crippen molar-refractivity contribution in [1.29, 1.82) is 0 Å². The van der Waals surface area contributed by atoms with Gasteiger partial charge in [0.25, 0.3) is 5.91 Å². The SMILES string of the molecule is C[C@@H]1C(=O)N(c2cccc(Br)c2)CCN1C(=O)COc1ccc(Cl)cc1. The summed E-state index contributed by atoms with van der Waals surface area (Å²) in [6, 6.07) is 13.8. The van der Waals surface area contributed by atoms with Crippen molar-refractivity contribution in [1.82, 2.24) is 4.90 Å². The first-order chi connectivity index (χ1) is 12.5. The number of piperazine rings is 1. The largest absolute Gasteiger partial charge is 0.484 e. The van der Waals surface area contributed by atoms with Crippen LogP contribution in [0, 0.1) is 0 Å². The Balaban J connectivity index is 1.62. The van der Waals surface area contributed by atoms with Crippen LogP contribution in [0.2, 0.25) is 5.02 Å². The van der Waals surface area contributed by atoms with Gasteiger partial charge in [0.15, 0.2) is 6.61 Å². The second-order valence-corrected chi connectivity index (χ2v) is 7.33. The van der Waals surface area contributed by atoms with Crippen LogP contribution in [0.3, 0.4) is 0 Å². The third kappa shape index (κ3) is 4.19. The molecule has 1 atom stereocenters. The summed E-state index contributed by atoms with van der Waals surface area (Å²) in [5, 5.41) is 0.603. The van der Waals surface area contributed by atoms with Crippen molar-refractivity contribution in [2.45, 2.75) is 13.0 Å². The molecule has 1 saturated heterocycles. The molecule has 0 saturated carbocycles. The van der Waals surface area contributed by atoms with Crippen molar-refractivity contribution in [2.75, 3.05) is 24.6 Å². The predicted molar refractivity (Wildman–Crippen MR) is 105 cm³/mol. The highest BCUT2D eigenvalue weighted by Crippen LogP contribution is 2.24. The number of hydrogen-bond donors (Lipinski definition) is 0. The van der Waals surface area contributed by atoms with Gasteiger partial charge in [-0.3, -0.25) is 9.59 Å². The molecule has 2 aromatic carbocycles. The Hall–Kier alpha value is -2.05. The lowest BCUT2D eigenvalue weighted by Gasteiger charge is -2.39. The van der Waals surface area contributed by atoms with Crippen molar-refractivity contribution in [3.8, 4) is 5.75 Å². The molecule has 1 fully saturated rings. The second-order valence-electron chi connectivity index (χ2n) is 5.98. The topological polar surface area (TPSA) is 49.9 Å². The smallest absolute Gasteiger partial charge is 0.261 e. The van der Waals surface area contributed by atoms with Gasteiger partial charge < -0.3 is 14.5 Å². The van der Waals surface area contributed by atoms with Crippen LogP contribution in [0.5, 0.6) is 5.75 Å². The fourth-order valence-corrected chi connectivity index (χ4v) is 3.38. The Labute approximate surface area is 165 Å². The van der Waals surface area contributed by atoms with Gasteiger partial charge in [-0.2, -0.15) is 0 Å². The molecule has 1 aliphatic rings. The first-order valence-corrected chi connectivity index (χ1v) is 9.37. The van der Waals surface area contributed by atoms with Crippen LogP contribution in [0.15, 0.2) is 53.0 Å². The van der Waals surface area contributed by atoms with E-state index in [0.29, 0.717) is 23.9 Å². The fourth-order valence-electron chi connectivity index (χ4n) is 2.87. The molecule has 1 heterocycles. The lowest BCUT2D eigenvalue weighted by molar-refractivity contribution is -0.142. The Kier molecular flexibility index (Phi) is 5.84. The zero-order valence-electron chi connectivity index (χ0n) is 14.2. The van der Waals surface area contributed by atoms with Gasteiger partial charge in [-0.1, -0.05) is 33.6 Å². The van der Waals surface area contributed by atoms with Gasteiger partial charge in [-0.05, 0) is 49.4 Å². The van der Waals surface area contributed by atoms with Crippen LogP contribution in [0.1, 0.15) is 6.92 Å². The third-order valence-electron chi connectivity index (χ3n) is 4.27. The molecule has 26 heavy (non-hydrogen) atoms. The highest BCUT2D eigenvalue weighted by molar-refractivity contribution is 9.10. The molecule has 0 unspecified atom stereocenters. The first kappa shape index (κ1) is 18.7. The average molecular weight is 438 g/mol. The number of rotatable bonds is 4. The number of carbonyl (C=O) groups excluding carboxylic acids is 2. The molecule has 2 aromatic rings. The summed E-state index contributed by atoms with van der Waals surface area (Å²) >= 11 is 9.25. The van der Waals surface area contributed by atoms with Crippen LogP contribution >= 0.6 is 27.5 Å². The van der Waals surface area contributed by atoms with Gasteiger partial charge in [-0.25, -0.2) is 0 Å². The van der Waals surface area contributed by atoms with Gasteiger partial charge in [0.1, 0.15) is 11.8 Å². The number of nitrogens with zero attached hydrogens (tertiary/aromatic N) is 2. The maximum atomic E-state index is 12.7. The Morgan fingerprint density at radius 3 is 2.65 bits per heavy atom.